The Morgan fingerprint density at radius 1 is 1.43 bits per heavy atom. The third kappa shape index (κ3) is 3.66. The number of carbonyl (C=O) groups is 1. The summed E-state index contributed by atoms with van der Waals surface area (Å²) in [6.45, 7) is 1.72. The van der Waals surface area contributed by atoms with E-state index in [1.54, 1.807) is 45.3 Å². The van der Waals surface area contributed by atoms with E-state index in [0.717, 1.165) is 11.8 Å². The van der Waals surface area contributed by atoms with E-state index < -0.39 is 10.9 Å². The van der Waals surface area contributed by atoms with Gasteiger partial charge in [0.1, 0.15) is 5.75 Å². The van der Waals surface area contributed by atoms with Gasteiger partial charge in [-0.2, -0.15) is 0 Å². The van der Waals surface area contributed by atoms with Crippen molar-refractivity contribution in [2.75, 3.05) is 12.4 Å². The number of aryl methyl sites for hydroxylation is 1. The van der Waals surface area contributed by atoms with Gasteiger partial charge in [0.05, 0.1) is 12.4 Å². The number of amides is 1. The molecule has 1 amide bonds. The molecule has 0 aliphatic heterocycles. The van der Waals surface area contributed by atoms with Gasteiger partial charge < -0.3 is 10.1 Å². The van der Waals surface area contributed by atoms with Crippen LogP contribution in [0.2, 0.25) is 0 Å². The smallest absolute Gasteiger partial charge is 0.441 e. The van der Waals surface area contributed by atoms with Crippen molar-refractivity contribution < 1.29 is 18.7 Å². The first kappa shape index (κ1) is 15.2. The van der Waals surface area contributed by atoms with Crippen LogP contribution in [0.5, 0.6) is 5.75 Å². The maximum atomic E-state index is 12.1. The summed E-state index contributed by atoms with van der Waals surface area (Å²) in [7, 11) is 3.22. The van der Waals surface area contributed by atoms with Gasteiger partial charge in [0.25, 0.3) is 0 Å². The first-order chi connectivity index (χ1) is 10.0. The summed E-state index contributed by atoms with van der Waals surface area (Å²) in [5.74, 6) is 0.512. The molecule has 0 fully saturated rings. The first-order valence-electron chi connectivity index (χ1n) is 6.20. The molecule has 1 heterocycles. The number of carbonyl (C=O) groups excluding carboxylic acids is 1. The average molecular weight is 310 g/mol. The molecule has 0 aliphatic rings. The number of anilines is 1. The van der Waals surface area contributed by atoms with Crippen LogP contribution >= 0.6 is 11.8 Å². The van der Waals surface area contributed by atoms with Crippen molar-refractivity contribution in [2.45, 2.75) is 17.2 Å². The van der Waals surface area contributed by atoms with Crippen molar-refractivity contribution in [3.8, 4) is 5.75 Å². The van der Waals surface area contributed by atoms with Crippen molar-refractivity contribution in [3.63, 3.8) is 0 Å². The maximum Gasteiger partial charge on any atom is 0.441 e. The standard InChI is InChI=1S/C13H15N3O4S/c1-8(21-12-13(18)20-15-16(12)2)11(17)14-9-4-6-10(19-3)7-5-9/h4-8H,1-3H3,(H-,14,15,17,18)/p+1. The Hall–Kier alpha value is -2.22. The molecule has 2 N–H and O–H groups in total. The lowest BCUT2D eigenvalue weighted by atomic mass is 10.3. The van der Waals surface area contributed by atoms with Gasteiger partial charge in [-0.25, -0.2) is 4.79 Å². The Balaban J connectivity index is 2.00. The number of ether oxygens (including phenoxy) is 1. The van der Waals surface area contributed by atoms with E-state index in [0.29, 0.717) is 16.5 Å². The Labute approximate surface area is 125 Å². The van der Waals surface area contributed by atoms with Gasteiger partial charge in [0, 0.05) is 5.69 Å². The number of thioether (sulfide) groups is 1. The summed E-state index contributed by atoms with van der Waals surface area (Å²) in [6, 6.07) is 7.01. The van der Waals surface area contributed by atoms with Gasteiger partial charge in [0.2, 0.25) is 5.91 Å². The predicted molar refractivity (Wildman–Crippen MR) is 77.4 cm³/mol. The summed E-state index contributed by atoms with van der Waals surface area (Å²) in [4.78, 5) is 23.5. The predicted octanol–water partition coefficient (Wildman–Crippen LogP) is 0.920. The highest BCUT2D eigenvalue weighted by Gasteiger charge is 2.25. The van der Waals surface area contributed by atoms with E-state index in [4.69, 9.17) is 4.74 Å². The average Bonchev–Trinajstić information content (AvgIpc) is 2.79. The number of nitrogens with zero attached hydrogens (tertiary/aromatic N) is 1. The zero-order valence-corrected chi connectivity index (χ0v) is 12.7. The minimum Gasteiger partial charge on any atom is -0.497 e. The highest BCUT2D eigenvalue weighted by atomic mass is 32.2. The zero-order chi connectivity index (χ0) is 15.4. The fourth-order valence-corrected chi connectivity index (χ4v) is 2.43. The molecule has 0 saturated heterocycles. The highest BCUT2D eigenvalue weighted by Crippen LogP contribution is 2.20. The Bertz CT molecular complexity index is 677. The number of benzene rings is 1. The third-order valence-electron chi connectivity index (χ3n) is 2.77. The molecule has 0 spiro atoms. The molecule has 0 aliphatic carbocycles. The number of H-pyrrole nitrogens is 1. The van der Waals surface area contributed by atoms with E-state index in [2.05, 4.69) is 15.1 Å². The van der Waals surface area contributed by atoms with E-state index in [-0.39, 0.29) is 5.91 Å². The molecule has 21 heavy (non-hydrogen) atoms. The summed E-state index contributed by atoms with van der Waals surface area (Å²) in [6.07, 6.45) is 0. The quantitative estimate of drug-likeness (QED) is 0.633. The Kier molecular flexibility index (Phi) is 4.69. The van der Waals surface area contributed by atoms with E-state index >= 15 is 0 Å². The second kappa shape index (κ2) is 6.49. The summed E-state index contributed by atoms with van der Waals surface area (Å²) in [5.41, 5.74) is 0.172. The number of aromatic nitrogens is 2. The fraction of sp³-hybridized carbons (Fsp3) is 0.308. The van der Waals surface area contributed by atoms with Crippen LogP contribution in [0.4, 0.5) is 5.69 Å². The van der Waals surface area contributed by atoms with Crippen LogP contribution in [0.25, 0.3) is 0 Å². The van der Waals surface area contributed by atoms with E-state index in [1.165, 1.54) is 4.68 Å². The number of hydrogen-bond donors (Lipinski definition) is 2. The van der Waals surface area contributed by atoms with Crippen molar-refractivity contribution in [3.05, 3.63) is 34.7 Å². The molecule has 7 nitrogen and oxygen atoms in total. The molecule has 112 valence electrons. The van der Waals surface area contributed by atoms with Crippen LogP contribution < -0.4 is 20.4 Å². The monoisotopic (exact) mass is 310 g/mol. The lowest BCUT2D eigenvalue weighted by Gasteiger charge is -2.09. The highest BCUT2D eigenvalue weighted by molar-refractivity contribution is 8.00. The SMILES string of the molecule is COc1ccc(NC(=O)C(C)Sc2c(=O)o[nH][n+]2C)cc1. The third-order valence-corrected chi connectivity index (χ3v) is 4.00. The second-order valence-corrected chi connectivity index (χ2v) is 5.65. The molecular formula is C13H16N3O4S+. The summed E-state index contributed by atoms with van der Waals surface area (Å²) in [5, 5.41) is 5.08. The van der Waals surface area contributed by atoms with Crippen molar-refractivity contribution in [2.24, 2.45) is 7.05 Å². The van der Waals surface area contributed by atoms with E-state index in [1.807, 2.05) is 0 Å². The number of aromatic amines is 1. The minimum absolute atomic E-state index is 0.203. The molecule has 0 saturated carbocycles. The van der Waals surface area contributed by atoms with Crippen molar-refractivity contribution in [1.29, 1.82) is 0 Å². The van der Waals surface area contributed by atoms with Crippen LogP contribution in [0.3, 0.4) is 0 Å². The molecule has 1 aromatic carbocycles. The van der Waals surface area contributed by atoms with Gasteiger partial charge in [-0.15, -0.1) is 0 Å². The molecule has 2 rings (SSSR count). The van der Waals surface area contributed by atoms with Gasteiger partial charge >= 0.3 is 10.7 Å². The molecule has 1 unspecified atom stereocenters. The van der Waals surface area contributed by atoms with Crippen LogP contribution in [-0.4, -0.2) is 23.5 Å². The molecule has 1 atom stereocenters. The summed E-state index contributed by atoms with van der Waals surface area (Å²) < 4.78 is 11.1. The first-order valence-corrected chi connectivity index (χ1v) is 7.08. The van der Waals surface area contributed by atoms with Gasteiger partial charge in [-0.3, -0.25) is 9.32 Å². The van der Waals surface area contributed by atoms with Crippen molar-refractivity contribution in [1.82, 2.24) is 5.27 Å². The Morgan fingerprint density at radius 3 is 2.62 bits per heavy atom. The molecule has 0 radical (unpaired) electrons. The number of hydrogen-bond acceptors (Lipinski definition) is 5. The summed E-state index contributed by atoms with van der Waals surface area (Å²) >= 11 is 1.13. The maximum absolute atomic E-state index is 12.1. The Morgan fingerprint density at radius 2 is 2.10 bits per heavy atom. The molecule has 0 bridgehead atoms. The van der Waals surface area contributed by atoms with Gasteiger partial charge in [-0.05, 0) is 48.2 Å². The lowest BCUT2D eigenvalue weighted by molar-refractivity contribution is -0.772. The van der Waals surface area contributed by atoms with Crippen LogP contribution in [0.1, 0.15) is 6.92 Å². The van der Waals surface area contributed by atoms with Gasteiger partial charge in [-0.1, -0.05) is 4.68 Å². The molecule has 1 aromatic heterocycles. The number of rotatable bonds is 5. The second-order valence-electron chi connectivity index (χ2n) is 4.32. The van der Waals surface area contributed by atoms with Crippen LogP contribution in [0, 0.1) is 0 Å². The van der Waals surface area contributed by atoms with Crippen molar-refractivity contribution >= 4 is 23.4 Å². The molecular weight excluding hydrogens is 294 g/mol. The molecule has 2 aromatic rings. The zero-order valence-electron chi connectivity index (χ0n) is 11.9. The molecule has 8 heteroatoms. The minimum atomic E-state index is -0.494. The van der Waals surface area contributed by atoms with E-state index in [9.17, 15) is 9.59 Å². The topological polar surface area (TPSA) is 88.2 Å². The largest absolute Gasteiger partial charge is 0.497 e. The van der Waals surface area contributed by atoms with Gasteiger partial charge in [0.15, 0.2) is 7.05 Å². The number of methoxy groups -OCH3 is 1. The normalized spacial score (nSPS) is 12.0. The van der Waals surface area contributed by atoms with Crippen LogP contribution in [-0.2, 0) is 11.8 Å². The number of nitrogens with one attached hydrogen (secondary N) is 2. The van der Waals surface area contributed by atoms with Crippen LogP contribution in [0.15, 0.2) is 38.6 Å². The lowest BCUT2D eigenvalue weighted by Crippen LogP contribution is -2.35. The fourth-order valence-electron chi connectivity index (χ4n) is 1.60.